The van der Waals surface area contributed by atoms with Crippen molar-refractivity contribution in [1.82, 2.24) is 0 Å². The fraction of sp³-hybridized carbons (Fsp3) is 0.536. The zero-order chi connectivity index (χ0) is 25.9. The number of benzene rings is 2. The lowest BCUT2D eigenvalue weighted by Gasteiger charge is -2.17. The lowest BCUT2D eigenvalue weighted by Crippen LogP contribution is -2.11. The number of aldehydes is 1. The first kappa shape index (κ1) is 31.8. The molecular formula is C28H44O6. The fourth-order valence-corrected chi connectivity index (χ4v) is 2.97. The molecule has 0 spiro atoms. The summed E-state index contributed by atoms with van der Waals surface area (Å²) in [5.41, 5.74) is 4.08. The van der Waals surface area contributed by atoms with Gasteiger partial charge in [-0.15, -0.1) is 0 Å². The number of hydrogen-bond acceptors (Lipinski definition) is 6. The van der Waals surface area contributed by atoms with Gasteiger partial charge in [-0.2, -0.15) is 0 Å². The van der Waals surface area contributed by atoms with Crippen molar-refractivity contribution in [3.63, 3.8) is 0 Å². The van der Waals surface area contributed by atoms with E-state index in [2.05, 4.69) is 45.9 Å². The molecule has 2 rings (SSSR count). The average molecular weight is 477 g/mol. The van der Waals surface area contributed by atoms with Gasteiger partial charge in [0.15, 0.2) is 6.29 Å². The van der Waals surface area contributed by atoms with E-state index in [9.17, 15) is 4.79 Å². The van der Waals surface area contributed by atoms with E-state index in [1.807, 2.05) is 45.0 Å². The van der Waals surface area contributed by atoms with Crippen LogP contribution in [0.15, 0.2) is 42.5 Å². The molecular weight excluding hydrogens is 432 g/mol. The van der Waals surface area contributed by atoms with Crippen molar-refractivity contribution in [2.24, 2.45) is 0 Å². The van der Waals surface area contributed by atoms with E-state index in [1.165, 1.54) is 11.1 Å². The Morgan fingerprint density at radius 2 is 1.44 bits per heavy atom. The van der Waals surface area contributed by atoms with E-state index >= 15 is 0 Å². The maximum absolute atomic E-state index is 11.1. The Hall–Kier alpha value is -2.25. The summed E-state index contributed by atoms with van der Waals surface area (Å²) in [4.78, 5) is 11.1. The van der Waals surface area contributed by atoms with Gasteiger partial charge in [-0.25, -0.2) is 0 Å². The highest BCUT2D eigenvalue weighted by Gasteiger charge is 2.11. The summed E-state index contributed by atoms with van der Waals surface area (Å²) in [5, 5.41) is 15.2. The summed E-state index contributed by atoms with van der Waals surface area (Å²) in [7, 11) is 0. The van der Waals surface area contributed by atoms with Crippen molar-refractivity contribution in [3.8, 4) is 5.75 Å². The minimum atomic E-state index is -0.125. The van der Waals surface area contributed by atoms with Crippen LogP contribution in [-0.4, -0.2) is 49.2 Å². The van der Waals surface area contributed by atoms with E-state index in [1.54, 1.807) is 0 Å². The first-order chi connectivity index (χ1) is 16.2. The third kappa shape index (κ3) is 12.8. The van der Waals surface area contributed by atoms with Gasteiger partial charge in [0.05, 0.1) is 13.2 Å². The maximum Gasteiger partial charge on any atom is 0.154 e. The van der Waals surface area contributed by atoms with Crippen molar-refractivity contribution < 1.29 is 29.2 Å². The lowest BCUT2D eigenvalue weighted by atomic mass is 9.96. The Balaban J connectivity index is 0.000000754. The molecule has 0 aliphatic carbocycles. The number of carbonyl (C=O) groups is 1. The molecule has 0 aromatic heterocycles. The van der Waals surface area contributed by atoms with E-state index in [0.29, 0.717) is 24.0 Å². The van der Waals surface area contributed by atoms with E-state index < -0.39 is 0 Å². The Morgan fingerprint density at radius 1 is 0.853 bits per heavy atom. The molecule has 0 fully saturated rings. The second-order valence-electron chi connectivity index (χ2n) is 8.14. The number of rotatable bonds is 11. The Bertz CT molecular complexity index is 780. The standard InChI is InChI=1S/C20H24O2.C6H14O2.C2H6O2/c1-14(2)16-9-10-19(15(3)4)20(11-16)22-13-18-8-6-5-7-17(18)12-21;1-4-7-6(3)8-5-2;3-1-2-4/h5-12,14-15H,13H2,1-4H3;6H,4-5H2,1-3H3;3-4H,1-2H2. The molecule has 0 aliphatic rings. The summed E-state index contributed by atoms with van der Waals surface area (Å²) < 4.78 is 16.2. The first-order valence-corrected chi connectivity index (χ1v) is 12.0. The maximum atomic E-state index is 11.1. The zero-order valence-electron chi connectivity index (χ0n) is 21.9. The Morgan fingerprint density at radius 3 is 1.91 bits per heavy atom. The van der Waals surface area contributed by atoms with Crippen LogP contribution in [0.5, 0.6) is 5.75 Å². The molecule has 0 aliphatic heterocycles. The Kier molecular flexibility index (Phi) is 17.8. The Labute approximate surface area is 205 Å². The summed E-state index contributed by atoms with van der Waals surface area (Å²) >= 11 is 0. The van der Waals surface area contributed by atoms with Gasteiger partial charge < -0.3 is 24.4 Å². The molecule has 0 radical (unpaired) electrons. The van der Waals surface area contributed by atoms with Gasteiger partial charge >= 0.3 is 0 Å². The largest absolute Gasteiger partial charge is 0.489 e. The van der Waals surface area contributed by atoms with Gasteiger partial charge in [0.25, 0.3) is 0 Å². The molecule has 6 heteroatoms. The molecule has 2 N–H and O–H groups in total. The van der Waals surface area contributed by atoms with Crippen LogP contribution < -0.4 is 4.74 Å². The summed E-state index contributed by atoms with van der Waals surface area (Å²) in [5.74, 6) is 1.78. The van der Waals surface area contributed by atoms with Gasteiger partial charge in [0.2, 0.25) is 0 Å². The average Bonchev–Trinajstić information content (AvgIpc) is 2.83. The van der Waals surface area contributed by atoms with Crippen LogP contribution in [-0.2, 0) is 16.1 Å². The molecule has 0 atom stereocenters. The monoisotopic (exact) mass is 476 g/mol. The number of aliphatic hydroxyl groups is 2. The SMILES string of the molecule is CC(C)c1ccc(C(C)C)c(OCc2ccccc2C=O)c1.CCOC(C)OCC.OCCO. The molecule has 0 bridgehead atoms. The minimum absolute atomic E-state index is 0.0370. The first-order valence-electron chi connectivity index (χ1n) is 12.0. The van der Waals surface area contributed by atoms with E-state index in [0.717, 1.165) is 30.8 Å². The molecule has 2 aromatic carbocycles. The topological polar surface area (TPSA) is 85.2 Å². The number of carbonyl (C=O) groups excluding carboxylic acids is 1. The highest BCUT2D eigenvalue weighted by atomic mass is 16.7. The van der Waals surface area contributed by atoms with Crippen molar-refractivity contribution in [2.75, 3.05) is 26.4 Å². The van der Waals surface area contributed by atoms with Gasteiger partial charge in [0, 0.05) is 18.8 Å². The van der Waals surface area contributed by atoms with E-state index in [-0.39, 0.29) is 19.5 Å². The second-order valence-corrected chi connectivity index (χ2v) is 8.14. The van der Waals surface area contributed by atoms with Crippen molar-refractivity contribution in [1.29, 1.82) is 0 Å². The van der Waals surface area contributed by atoms with Crippen LogP contribution in [0.4, 0.5) is 0 Å². The molecule has 0 unspecified atom stereocenters. The summed E-state index contributed by atoms with van der Waals surface area (Å²) in [6.45, 7) is 16.1. The van der Waals surface area contributed by atoms with Crippen molar-refractivity contribution >= 4 is 6.29 Å². The van der Waals surface area contributed by atoms with Gasteiger partial charge in [-0.3, -0.25) is 4.79 Å². The van der Waals surface area contributed by atoms with Crippen LogP contribution in [0.25, 0.3) is 0 Å². The molecule has 192 valence electrons. The molecule has 34 heavy (non-hydrogen) atoms. The number of hydrogen-bond donors (Lipinski definition) is 2. The highest BCUT2D eigenvalue weighted by Crippen LogP contribution is 2.31. The molecule has 0 amide bonds. The zero-order valence-corrected chi connectivity index (χ0v) is 21.9. The quantitative estimate of drug-likeness (QED) is 0.320. The van der Waals surface area contributed by atoms with Crippen LogP contribution in [0.2, 0.25) is 0 Å². The second kappa shape index (κ2) is 19.1. The normalized spacial score (nSPS) is 10.5. The highest BCUT2D eigenvalue weighted by molar-refractivity contribution is 5.77. The summed E-state index contributed by atoms with van der Waals surface area (Å²) in [6, 6.07) is 14.0. The molecule has 2 aromatic rings. The molecule has 0 saturated heterocycles. The van der Waals surface area contributed by atoms with Crippen LogP contribution in [0.3, 0.4) is 0 Å². The van der Waals surface area contributed by atoms with Crippen molar-refractivity contribution in [2.45, 2.75) is 73.2 Å². The fourth-order valence-electron chi connectivity index (χ4n) is 2.97. The number of ether oxygens (including phenoxy) is 3. The lowest BCUT2D eigenvalue weighted by molar-refractivity contribution is -0.123. The van der Waals surface area contributed by atoms with Gasteiger partial charge in [-0.05, 0) is 55.4 Å². The third-order valence-electron chi connectivity index (χ3n) is 4.79. The van der Waals surface area contributed by atoms with Crippen LogP contribution in [0, 0.1) is 0 Å². The predicted molar refractivity (Wildman–Crippen MR) is 138 cm³/mol. The molecule has 6 nitrogen and oxygen atoms in total. The van der Waals surface area contributed by atoms with Crippen LogP contribution in [0.1, 0.15) is 87.4 Å². The summed E-state index contributed by atoms with van der Waals surface area (Å²) in [6.07, 6.45) is 0.845. The predicted octanol–water partition coefficient (Wildman–Crippen LogP) is 5.70. The minimum Gasteiger partial charge on any atom is -0.489 e. The smallest absolute Gasteiger partial charge is 0.154 e. The van der Waals surface area contributed by atoms with E-state index in [4.69, 9.17) is 24.4 Å². The molecule has 0 heterocycles. The van der Waals surface area contributed by atoms with Crippen LogP contribution >= 0.6 is 0 Å². The van der Waals surface area contributed by atoms with Gasteiger partial charge in [0.1, 0.15) is 18.6 Å². The third-order valence-corrected chi connectivity index (χ3v) is 4.79. The molecule has 0 saturated carbocycles. The van der Waals surface area contributed by atoms with Crippen molar-refractivity contribution in [3.05, 3.63) is 64.7 Å². The van der Waals surface area contributed by atoms with Gasteiger partial charge in [-0.1, -0.05) is 64.1 Å². The number of aliphatic hydroxyl groups excluding tert-OH is 2.